The van der Waals surface area contributed by atoms with Gasteiger partial charge in [-0.3, -0.25) is 9.59 Å². The van der Waals surface area contributed by atoms with E-state index in [2.05, 4.69) is 15.8 Å². The molecule has 146 valence electrons. The number of nitrogens with zero attached hydrogens (tertiary/aromatic N) is 1. The third-order valence-corrected chi connectivity index (χ3v) is 4.03. The summed E-state index contributed by atoms with van der Waals surface area (Å²) in [6.07, 6.45) is 1.45. The second kappa shape index (κ2) is 10.4. The molecule has 3 rings (SSSR count). The molecule has 0 atom stereocenters. The number of hydrogen-bond acceptors (Lipinski definition) is 4. The van der Waals surface area contributed by atoms with Crippen molar-refractivity contribution in [3.8, 4) is 5.75 Å². The van der Waals surface area contributed by atoms with Gasteiger partial charge >= 0.3 is 11.8 Å². The zero-order valence-electron chi connectivity index (χ0n) is 15.7. The van der Waals surface area contributed by atoms with Crippen molar-refractivity contribution in [2.75, 3.05) is 0 Å². The fraction of sp³-hybridized carbons (Fsp3) is 0.0870. The Bertz CT molecular complexity index is 973. The summed E-state index contributed by atoms with van der Waals surface area (Å²) in [6, 6.07) is 26.5. The van der Waals surface area contributed by atoms with Crippen molar-refractivity contribution in [3.05, 3.63) is 102 Å². The lowest BCUT2D eigenvalue weighted by molar-refractivity contribution is -0.139. The topological polar surface area (TPSA) is 79.8 Å². The van der Waals surface area contributed by atoms with Crippen molar-refractivity contribution in [3.63, 3.8) is 0 Å². The van der Waals surface area contributed by atoms with E-state index < -0.39 is 11.8 Å². The molecule has 0 aliphatic rings. The molecule has 0 bridgehead atoms. The van der Waals surface area contributed by atoms with E-state index in [1.807, 2.05) is 84.9 Å². The first-order chi connectivity index (χ1) is 14.2. The molecule has 0 aliphatic carbocycles. The Morgan fingerprint density at radius 2 is 1.41 bits per heavy atom. The average molecular weight is 387 g/mol. The Kier molecular flexibility index (Phi) is 7.12. The number of benzene rings is 3. The third kappa shape index (κ3) is 6.32. The van der Waals surface area contributed by atoms with Crippen LogP contribution in [0.5, 0.6) is 5.75 Å². The predicted molar refractivity (Wildman–Crippen MR) is 111 cm³/mol. The van der Waals surface area contributed by atoms with Gasteiger partial charge in [-0.25, -0.2) is 5.43 Å². The lowest BCUT2D eigenvalue weighted by atomic mass is 10.2. The molecule has 29 heavy (non-hydrogen) atoms. The second-order valence-electron chi connectivity index (χ2n) is 6.18. The van der Waals surface area contributed by atoms with Gasteiger partial charge in [-0.05, 0) is 23.3 Å². The van der Waals surface area contributed by atoms with Crippen LogP contribution in [0, 0.1) is 0 Å². The second-order valence-corrected chi connectivity index (χ2v) is 6.18. The van der Waals surface area contributed by atoms with Gasteiger partial charge in [0.05, 0.1) is 6.21 Å². The number of hydrazone groups is 1. The van der Waals surface area contributed by atoms with E-state index >= 15 is 0 Å². The minimum Gasteiger partial charge on any atom is -0.488 e. The van der Waals surface area contributed by atoms with Crippen LogP contribution in [0.1, 0.15) is 16.7 Å². The maximum atomic E-state index is 11.9. The molecule has 0 saturated carbocycles. The Labute approximate surface area is 169 Å². The quantitative estimate of drug-likeness (QED) is 0.372. The third-order valence-electron chi connectivity index (χ3n) is 4.03. The van der Waals surface area contributed by atoms with Gasteiger partial charge in [0.15, 0.2) is 0 Å². The molecule has 0 heterocycles. The summed E-state index contributed by atoms with van der Waals surface area (Å²) in [5.41, 5.74) is 4.87. The Morgan fingerprint density at radius 1 is 0.793 bits per heavy atom. The van der Waals surface area contributed by atoms with Crippen LogP contribution >= 0.6 is 0 Å². The highest BCUT2D eigenvalue weighted by molar-refractivity contribution is 6.35. The van der Waals surface area contributed by atoms with Crippen molar-refractivity contribution in [1.82, 2.24) is 10.7 Å². The van der Waals surface area contributed by atoms with E-state index in [1.165, 1.54) is 6.21 Å². The molecule has 0 radical (unpaired) electrons. The van der Waals surface area contributed by atoms with Crippen molar-refractivity contribution in [1.29, 1.82) is 0 Å². The van der Waals surface area contributed by atoms with E-state index in [0.717, 1.165) is 11.1 Å². The SMILES string of the molecule is O=C(NCc1ccccc1)C(=O)N/N=C/c1ccccc1OCc1ccccc1. The van der Waals surface area contributed by atoms with Crippen LogP contribution < -0.4 is 15.5 Å². The molecule has 2 N–H and O–H groups in total. The first kappa shape index (κ1) is 19.8. The summed E-state index contributed by atoms with van der Waals surface area (Å²) in [5, 5.41) is 6.42. The summed E-state index contributed by atoms with van der Waals surface area (Å²) in [6.45, 7) is 0.687. The summed E-state index contributed by atoms with van der Waals surface area (Å²) in [5.74, 6) is -0.956. The van der Waals surface area contributed by atoms with Crippen LogP contribution in [0.2, 0.25) is 0 Å². The molecule has 0 aliphatic heterocycles. The van der Waals surface area contributed by atoms with Gasteiger partial charge in [0.1, 0.15) is 12.4 Å². The molecule has 0 aromatic heterocycles. The zero-order chi connectivity index (χ0) is 20.3. The molecule has 6 heteroatoms. The average Bonchev–Trinajstić information content (AvgIpc) is 2.78. The maximum Gasteiger partial charge on any atom is 0.329 e. The number of para-hydroxylation sites is 1. The van der Waals surface area contributed by atoms with E-state index in [0.29, 0.717) is 17.9 Å². The zero-order valence-corrected chi connectivity index (χ0v) is 15.7. The molecule has 2 amide bonds. The fourth-order valence-corrected chi connectivity index (χ4v) is 2.52. The number of amides is 2. The number of ether oxygens (including phenoxy) is 1. The summed E-state index contributed by atoms with van der Waals surface area (Å²) >= 11 is 0. The summed E-state index contributed by atoms with van der Waals surface area (Å²) in [7, 11) is 0. The van der Waals surface area contributed by atoms with Gasteiger partial charge in [-0.2, -0.15) is 5.10 Å². The first-order valence-electron chi connectivity index (χ1n) is 9.13. The lowest BCUT2D eigenvalue weighted by Gasteiger charge is -2.09. The minimum atomic E-state index is -0.833. The highest BCUT2D eigenvalue weighted by Crippen LogP contribution is 2.17. The van der Waals surface area contributed by atoms with Crippen molar-refractivity contribution in [2.45, 2.75) is 13.2 Å². The molecule has 0 unspecified atom stereocenters. The Hall–Kier alpha value is -3.93. The van der Waals surface area contributed by atoms with Gasteiger partial charge < -0.3 is 10.1 Å². The van der Waals surface area contributed by atoms with Crippen molar-refractivity contribution in [2.24, 2.45) is 5.10 Å². The van der Waals surface area contributed by atoms with Crippen LogP contribution in [0.25, 0.3) is 0 Å². The van der Waals surface area contributed by atoms with Gasteiger partial charge in [0.2, 0.25) is 0 Å². The minimum absolute atomic E-state index is 0.271. The van der Waals surface area contributed by atoms with Crippen LogP contribution in [0.3, 0.4) is 0 Å². The number of nitrogens with one attached hydrogen (secondary N) is 2. The fourth-order valence-electron chi connectivity index (χ4n) is 2.52. The van der Waals surface area contributed by atoms with E-state index in [1.54, 1.807) is 0 Å². The number of hydrogen-bond donors (Lipinski definition) is 2. The monoisotopic (exact) mass is 387 g/mol. The van der Waals surface area contributed by atoms with Crippen LogP contribution in [-0.2, 0) is 22.7 Å². The molecule has 0 saturated heterocycles. The molecular weight excluding hydrogens is 366 g/mol. The van der Waals surface area contributed by atoms with Crippen LogP contribution in [0.4, 0.5) is 0 Å². The highest BCUT2D eigenvalue weighted by atomic mass is 16.5. The molecule has 0 spiro atoms. The molecular formula is C23H21N3O3. The highest BCUT2D eigenvalue weighted by Gasteiger charge is 2.12. The van der Waals surface area contributed by atoms with E-state index in [-0.39, 0.29) is 6.54 Å². The van der Waals surface area contributed by atoms with Gasteiger partial charge in [0, 0.05) is 12.1 Å². The maximum absolute atomic E-state index is 11.9. The molecule has 3 aromatic rings. The van der Waals surface area contributed by atoms with E-state index in [4.69, 9.17) is 4.74 Å². The summed E-state index contributed by atoms with van der Waals surface area (Å²) < 4.78 is 5.83. The lowest BCUT2D eigenvalue weighted by Crippen LogP contribution is -2.37. The van der Waals surface area contributed by atoms with Crippen molar-refractivity contribution >= 4 is 18.0 Å². The van der Waals surface area contributed by atoms with Gasteiger partial charge in [-0.1, -0.05) is 72.8 Å². The van der Waals surface area contributed by atoms with Crippen molar-refractivity contribution < 1.29 is 14.3 Å². The Morgan fingerprint density at radius 3 is 2.14 bits per heavy atom. The Balaban J connectivity index is 1.51. The number of rotatable bonds is 7. The number of carbonyl (C=O) groups excluding carboxylic acids is 2. The normalized spacial score (nSPS) is 10.5. The standard InChI is InChI=1S/C23H21N3O3/c27-22(24-15-18-9-3-1-4-10-18)23(28)26-25-16-20-13-7-8-14-21(20)29-17-19-11-5-2-6-12-19/h1-14,16H,15,17H2,(H,24,27)(H,26,28)/b25-16+. The summed E-state index contributed by atoms with van der Waals surface area (Å²) in [4.78, 5) is 23.7. The predicted octanol–water partition coefficient (Wildman–Crippen LogP) is 3.03. The van der Waals surface area contributed by atoms with E-state index in [9.17, 15) is 9.59 Å². The smallest absolute Gasteiger partial charge is 0.329 e. The van der Waals surface area contributed by atoms with Gasteiger partial charge in [0.25, 0.3) is 0 Å². The molecule has 6 nitrogen and oxygen atoms in total. The van der Waals surface area contributed by atoms with Gasteiger partial charge in [-0.15, -0.1) is 0 Å². The number of carbonyl (C=O) groups is 2. The van der Waals surface area contributed by atoms with Crippen LogP contribution in [0.15, 0.2) is 90.0 Å². The molecule has 3 aromatic carbocycles. The largest absolute Gasteiger partial charge is 0.488 e. The first-order valence-corrected chi connectivity index (χ1v) is 9.13. The molecule has 0 fully saturated rings. The van der Waals surface area contributed by atoms with Crippen LogP contribution in [-0.4, -0.2) is 18.0 Å².